The molecule has 0 radical (unpaired) electrons. The number of ether oxygens (including phenoxy) is 1. The number of carbonyl (C=O) groups is 2. The van der Waals surface area contributed by atoms with Gasteiger partial charge < -0.3 is 10.1 Å². The molecule has 0 atom stereocenters. The van der Waals surface area contributed by atoms with Crippen LogP contribution in [0.15, 0.2) is 36.5 Å². The van der Waals surface area contributed by atoms with Crippen LogP contribution in [-0.2, 0) is 4.74 Å². The van der Waals surface area contributed by atoms with Crippen molar-refractivity contribution in [1.29, 1.82) is 0 Å². The molecule has 1 N–H and O–H groups in total. The molecule has 1 aliphatic carbocycles. The predicted octanol–water partition coefficient (Wildman–Crippen LogP) is 4.89. The van der Waals surface area contributed by atoms with Gasteiger partial charge >= 0.3 is 5.97 Å². The van der Waals surface area contributed by atoms with Crippen molar-refractivity contribution in [1.82, 2.24) is 10.3 Å². The zero-order valence-corrected chi connectivity index (χ0v) is 16.8. The van der Waals surface area contributed by atoms with Crippen molar-refractivity contribution in [3.05, 3.63) is 52.8 Å². The number of rotatable bonds is 6. The number of benzene rings is 1. The van der Waals surface area contributed by atoms with Crippen LogP contribution in [0.4, 0.5) is 0 Å². The molecule has 1 aromatic carbocycles. The van der Waals surface area contributed by atoms with Crippen molar-refractivity contribution in [3.63, 3.8) is 0 Å². The summed E-state index contributed by atoms with van der Waals surface area (Å²) in [5, 5.41) is 3.36. The van der Waals surface area contributed by atoms with E-state index in [1.807, 2.05) is 0 Å². The number of carbonyl (C=O) groups excluding carboxylic acids is 2. The first-order chi connectivity index (χ1) is 13.6. The van der Waals surface area contributed by atoms with Crippen LogP contribution in [0.1, 0.15) is 59.4 Å². The van der Waals surface area contributed by atoms with Gasteiger partial charge in [-0.3, -0.25) is 4.79 Å². The third kappa shape index (κ3) is 4.90. The van der Waals surface area contributed by atoms with Gasteiger partial charge in [0.15, 0.2) is 5.69 Å². The van der Waals surface area contributed by atoms with E-state index in [9.17, 15) is 9.59 Å². The molecular formula is C22H25ClN2O3. The Labute approximate surface area is 170 Å². The maximum Gasteiger partial charge on any atom is 0.357 e. The van der Waals surface area contributed by atoms with E-state index in [0.717, 1.165) is 6.42 Å². The molecular weight excluding hydrogens is 376 g/mol. The Balaban J connectivity index is 1.74. The van der Waals surface area contributed by atoms with Crippen LogP contribution < -0.4 is 5.32 Å². The van der Waals surface area contributed by atoms with Crippen molar-refractivity contribution in [2.75, 3.05) is 13.7 Å². The average Bonchev–Trinajstić information content (AvgIpc) is 2.74. The summed E-state index contributed by atoms with van der Waals surface area (Å²) < 4.78 is 4.80. The van der Waals surface area contributed by atoms with E-state index in [-0.39, 0.29) is 11.6 Å². The molecule has 0 bridgehead atoms. The summed E-state index contributed by atoms with van der Waals surface area (Å²) in [4.78, 5) is 28.8. The van der Waals surface area contributed by atoms with E-state index in [1.54, 1.807) is 30.3 Å². The lowest BCUT2D eigenvalue weighted by molar-refractivity contribution is 0.0595. The van der Waals surface area contributed by atoms with Crippen LogP contribution in [0.3, 0.4) is 0 Å². The smallest absolute Gasteiger partial charge is 0.357 e. The molecule has 0 spiro atoms. The number of nitrogens with zero attached hydrogens (tertiary/aromatic N) is 1. The number of pyridine rings is 1. The molecule has 3 rings (SSSR count). The van der Waals surface area contributed by atoms with Gasteiger partial charge in [0.25, 0.3) is 5.91 Å². The lowest BCUT2D eigenvalue weighted by Crippen LogP contribution is -2.26. The molecule has 1 saturated carbocycles. The van der Waals surface area contributed by atoms with Crippen LogP contribution in [0, 0.1) is 5.92 Å². The molecule has 1 aliphatic rings. The van der Waals surface area contributed by atoms with Gasteiger partial charge in [-0.2, -0.15) is 0 Å². The van der Waals surface area contributed by atoms with Crippen LogP contribution in [-0.4, -0.2) is 30.5 Å². The third-order valence-electron chi connectivity index (χ3n) is 5.27. The summed E-state index contributed by atoms with van der Waals surface area (Å²) >= 11 is 6.27. The molecule has 1 aromatic heterocycles. The van der Waals surface area contributed by atoms with E-state index in [4.69, 9.17) is 16.3 Å². The lowest BCUT2D eigenvalue weighted by atomic mass is 9.87. The SMILES string of the molecule is COC(=O)c1ncccc1-c1ccc(Cl)c(C(=O)NCCC2CCCCC2)c1. The monoisotopic (exact) mass is 400 g/mol. The molecule has 2 aromatic rings. The lowest BCUT2D eigenvalue weighted by Gasteiger charge is -2.21. The molecule has 0 aliphatic heterocycles. The molecule has 6 heteroatoms. The van der Waals surface area contributed by atoms with E-state index in [1.165, 1.54) is 45.4 Å². The zero-order chi connectivity index (χ0) is 19.9. The van der Waals surface area contributed by atoms with Gasteiger partial charge in [-0.25, -0.2) is 9.78 Å². The summed E-state index contributed by atoms with van der Waals surface area (Å²) in [7, 11) is 1.31. The molecule has 5 nitrogen and oxygen atoms in total. The summed E-state index contributed by atoms with van der Waals surface area (Å²) in [5.74, 6) is -0.0240. The highest BCUT2D eigenvalue weighted by Gasteiger charge is 2.18. The number of hydrogen-bond acceptors (Lipinski definition) is 4. The van der Waals surface area contributed by atoms with E-state index in [0.29, 0.717) is 34.2 Å². The van der Waals surface area contributed by atoms with Crippen LogP contribution in [0.5, 0.6) is 0 Å². The maximum absolute atomic E-state index is 12.7. The molecule has 1 heterocycles. The highest BCUT2D eigenvalue weighted by atomic mass is 35.5. The number of amides is 1. The van der Waals surface area contributed by atoms with Crippen molar-refractivity contribution >= 4 is 23.5 Å². The first kappa shape index (κ1) is 20.3. The average molecular weight is 401 g/mol. The number of esters is 1. The maximum atomic E-state index is 12.7. The van der Waals surface area contributed by atoms with Gasteiger partial charge in [0.1, 0.15) is 0 Å². The normalized spacial score (nSPS) is 14.5. The third-order valence-corrected chi connectivity index (χ3v) is 5.60. The van der Waals surface area contributed by atoms with Crippen LogP contribution in [0.25, 0.3) is 11.1 Å². The minimum absolute atomic E-state index is 0.203. The second kappa shape index (κ2) is 9.69. The minimum atomic E-state index is -0.524. The van der Waals surface area contributed by atoms with Crippen molar-refractivity contribution in [2.45, 2.75) is 38.5 Å². The fourth-order valence-electron chi connectivity index (χ4n) is 3.73. The Morgan fingerprint density at radius 2 is 2.00 bits per heavy atom. The Morgan fingerprint density at radius 1 is 1.21 bits per heavy atom. The van der Waals surface area contributed by atoms with Crippen LogP contribution in [0.2, 0.25) is 5.02 Å². The highest BCUT2D eigenvalue weighted by Crippen LogP contribution is 2.28. The summed E-state index contributed by atoms with van der Waals surface area (Å²) in [6.45, 7) is 0.643. The summed E-state index contributed by atoms with van der Waals surface area (Å²) in [6, 6.07) is 8.64. The molecule has 148 valence electrons. The number of hydrogen-bond donors (Lipinski definition) is 1. The van der Waals surface area contributed by atoms with Gasteiger partial charge in [-0.05, 0) is 36.1 Å². The Kier molecular flexibility index (Phi) is 7.04. The second-order valence-electron chi connectivity index (χ2n) is 7.13. The van der Waals surface area contributed by atoms with Gasteiger partial charge in [-0.15, -0.1) is 0 Å². The topological polar surface area (TPSA) is 68.3 Å². The quantitative estimate of drug-likeness (QED) is 0.701. The van der Waals surface area contributed by atoms with Crippen molar-refractivity contribution < 1.29 is 14.3 Å². The van der Waals surface area contributed by atoms with Gasteiger partial charge in [-0.1, -0.05) is 55.8 Å². The first-order valence-electron chi connectivity index (χ1n) is 9.71. The molecule has 0 saturated heterocycles. The van der Waals surface area contributed by atoms with Gasteiger partial charge in [0, 0.05) is 18.3 Å². The minimum Gasteiger partial charge on any atom is -0.464 e. The highest BCUT2D eigenvalue weighted by molar-refractivity contribution is 6.34. The summed E-state index contributed by atoms with van der Waals surface area (Å²) in [6.07, 6.45) is 8.95. The standard InChI is InChI=1S/C22H25ClN2O3/c1-28-22(27)20-17(8-5-12-24-20)16-9-10-19(23)18(14-16)21(26)25-13-11-15-6-3-2-4-7-15/h5,8-10,12,14-15H,2-4,6-7,11,13H2,1H3,(H,25,26). The van der Waals surface area contributed by atoms with E-state index < -0.39 is 5.97 Å². The Bertz CT molecular complexity index is 847. The summed E-state index contributed by atoms with van der Waals surface area (Å²) in [5.41, 5.74) is 1.89. The predicted molar refractivity (Wildman–Crippen MR) is 110 cm³/mol. The van der Waals surface area contributed by atoms with E-state index in [2.05, 4.69) is 10.3 Å². The number of nitrogens with one attached hydrogen (secondary N) is 1. The molecule has 0 unspecified atom stereocenters. The number of halogens is 1. The van der Waals surface area contributed by atoms with Crippen LogP contribution >= 0.6 is 11.6 Å². The zero-order valence-electron chi connectivity index (χ0n) is 16.0. The van der Waals surface area contributed by atoms with Crippen molar-refractivity contribution in [2.24, 2.45) is 5.92 Å². The Hall–Kier alpha value is -2.40. The van der Waals surface area contributed by atoms with E-state index >= 15 is 0 Å². The number of methoxy groups -OCH3 is 1. The van der Waals surface area contributed by atoms with Gasteiger partial charge in [0.05, 0.1) is 17.7 Å². The molecule has 28 heavy (non-hydrogen) atoms. The first-order valence-corrected chi connectivity index (χ1v) is 10.1. The van der Waals surface area contributed by atoms with Gasteiger partial charge in [0.2, 0.25) is 0 Å². The molecule has 1 amide bonds. The van der Waals surface area contributed by atoms with Crippen molar-refractivity contribution in [3.8, 4) is 11.1 Å². The molecule has 1 fully saturated rings. The second-order valence-corrected chi connectivity index (χ2v) is 7.54. The largest absolute Gasteiger partial charge is 0.464 e. The number of aromatic nitrogens is 1. The fraction of sp³-hybridized carbons (Fsp3) is 0.409. The fourth-order valence-corrected chi connectivity index (χ4v) is 3.93. The Morgan fingerprint density at radius 3 is 2.75 bits per heavy atom.